The molecule has 1 fully saturated rings. The average Bonchev–Trinajstić information content (AvgIpc) is 3.04. The molecule has 0 saturated heterocycles. The summed E-state index contributed by atoms with van der Waals surface area (Å²) in [6, 6.07) is 11.0. The maximum atomic E-state index is 6.37. The van der Waals surface area contributed by atoms with Crippen LogP contribution in [0.4, 0.5) is 0 Å². The minimum absolute atomic E-state index is 0.0327. The standard InChI is InChI=1S/C17H24N4/c18-16(12-11-14-7-3-1-4-8-14)17-20-19-13-21(17)15-9-5-2-6-10-15/h1,3-4,7-8,13,15-16H,2,5-6,9-12,18H2. The Hall–Kier alpha value is -1.68. The van der Waals surface area contributed by atoms with Gasteiger partial charge in [-0.15, -0.1) is 10.2 Å². The Morgan fingerprint density at radius 2 is 1.90 bits per heavy atom. The third-order valence-electron chi connectivity index (χ3n) is 4.49. The highest BCUT2D eigenvalue weighted by Crippen LogP contribution is 2.30. The van der Waals surface area contributed by atoms with Crippen molar-refractivity contribution in [2.75, 3.05) is 0 Å². The lowest BCUT2D eigenvalue weighted by molar-refractivity contribution is 0.338. The van der Waals surface area contributed by atoms with Crippen LogP contribution in [0, 0.1) is 0 Å². The van der Waals surface area contributed by atoms with Crippen LogP contribution < -0.4 is 5.73 Å². The van der Waals surface area contributed by atoms with Crippen molar-refractivity contribution in [1.29, 1.82) is 0 Å². The second-order valence-electron chi connectivity index (χ2n) is 6.02. The molecule has 1 saturated carbocycles. The van der Waals surface area contributed by atoms with Crippen LogP contribution >= 0.6 is 0 Å². The summed E-state index contributed by atoms with van der Waals surface area (Å²) in [4.78, 5) is 0. The lowest BCUT2D eigenvalue weighted by atomic mass is 9.95. The Kier molecular flexibility index (Phi) is 4.65. The molecule has 0 aliphatic heterocycles. The van der Waals surface area contributed by atoms with Gasteiger partial charge in [-0.2, -0.15) is 0 Å². The number of hydrogen-bond donors (Lipinski definition) is 1. The van der Waals surface area contributed by atoms with Crippen LogP contribution in [-0.2, 0) is 6.42 Å². The van der Waals surface area contributed by atoms with E-state index in [1.54, 1.807) is 0 Å². The van der Waals surface area contributed by atoms with Crippen molar-refractivity contribution < 1.29 is 0 Å². The molecule has 1 unspecified atom stereocenters. The molecule has 4 heteroatoms. The number of hydrogen-bond acceptors (Lipinski definition) is 3. The van der Waals surface area contributed by atoms with Gasteiger partial charge >= 0.3 is 0 Å². The van der Waals surface area contributed by atoms with E-state index in [9.17, 15) is 0 Å². The van der Waals surface area contributed by atoms with Crippen molar-refractivity contribution in [1.82, 2.24) is 14.8 Å². The van der Waals surface area contributed by atoms with Crippen molar-refractivity contribution in [3.8, 4) is 0 Å². The maximum absolute atomic E-state index is 6.37. The van der Waals surface area contributed by atoms with Gasteiger partial charge in [0.1, 0.15) is 12.2 Å². The van der Waals surface area contributed by atoms with Crippen LogP contribution in [0.2, 0.25) is 0 Å². The van der Waals surface area contributed by atoms with E-state index in [-0.39, 0.29) is 6.04 Å². The largest absolute Gasteiger partial charge is 0.321 e. The summed E-state index contributed by atoms with van der Waals surface area (Å²) in [5.41, 5.74) is 7.70. The van der Waals surface area contributed by atoms with E-state index in [4.69, 9.17) is 5.73 Å². The van der Waals surface area contributed by atoms with Gasteiger partial charge in [0, 0.05) is 6.04 Å². The molecule has 21 heavy (non-hydrogen) atoms. The first-order valence-corrected chi connectivity index (χ1v) is 8.03. The zero-order valence-corrected chi connectivity index (χ0v) is 12.5. The molecule has 0 radical (unpaired) electrons. The number of nitrogens with two attached hydrogens (primary N) is 1. The fourth-order valence-electron chi connectivity index (χ4n) is 3.25. The summed E-state index contributed by atoms with van der Waals surface area (Å²) in [5, 5.41) is 8.40. The summed E-state index contributed by atoms with van der Waals surface area (Å²) in [6.45, 7) is 0. The highest BCUT2D eigenvalue weighted by atomic mass is 15.3. The number of aryl methyl sites for hydroxylation is 1. The van der Waals surface area contributed by atoms with E-state index < -0.39 is 0 Å². The quantitative estimate of drug-likeness (QED) is 0.915. The second kappa shape index (κ2) is 6.85. The Bertz CT molecular complexity index is 543. The molecule has 3 rings (SSSR count). The second-order valence-corrected chi connectivity index (χ2v) is 6.02. The maximum Gasteiger partial charge on any atom is 0.150 e. The van der Waals surface area contributed by atoms with E-state index in [1.165, 1.54) is 37.7 Å². The SMILES string of the molecule is NC(CCc1ccccc1)c1nncn1C1CCCCC1. The highest BCUT2D eigenvalue weighted by Gasteiger charge is 2.21. The molecule has 1 aromatic carbocycles. The van der Waals surface area contributed by atoms with Gasteiger partial charge in [0.25, 0.3) is 0 Å². The van der Waals surface area contributed by atoms with Crippen molar-refractivity contribution in [2.45, 2.75) is 57.0 Å². The van der Waals surface area contributed by atoms with Gasteiger partial charge in [-0.25, -0.2) is 0 Å². The predicted octanol–water partition coefficient (Wildman–Crippen LogP) is 3.42. The first-order chi connectivity index (χ1) is 10.3. The van der Waals surface area contributed by atoms with Crippen molar-refractivity contribution in [3.63, 3.8) is 0 Å². The van der Waals surface area contributed by atoms with Crippen LogP contribution in [0.15, 0.2) is 36.7 Å². The summed E-state index contributed by atoms with van der Waals surface area (Å²) >= 11 is 0. The van der Waals surface area contributed by atoms with Crippen molar-refractivity contribution >= 4 is 0 Å². The van der Waals surface area contributed by atoms with E-state index >= 15 is 0 Å². The average molecular weight is 284 g/mol. The van der Waals surface area contributed by atoms with E-state index in [2.05, 4.69) is 39.0 Å². The molecule has 1 aliphatic carbocycles. The van der Waals surface area contributed by atoms with E-state index in [0.717, 1.165) is 18.7 Å². The van der Waals surface area contributed by atoms with E-state index in [1.807, 2.05) is 12.4 Å². The predicted molar refractivity (Wildman–Crippen MR) is 83.8 cm³/mol. The fraction of sp³-hybridized carbons (Fsp3) is 0.529. The Morgan fingerprint density at radius 1 is 1.14 bits per heavy atom. The van der Waals surface area contributed by atoms with Gasteiger partial charge in [-0.1, -0.05) is 49.6 Å². The monoisotopic (exact) mass is 284 g/mol. The molecular weight excluding hydrogens is 260 g/mol. The lowest BCUT2D eigenvalue weighted by Crippen LogP contribution is -2.21. The zero-order valence-electron chi connectivity index (χ0n) is 12.5. The van der Waals surface area contributed by atoms with Crippen molar-refractivity contribution in [3.05, 3.63) is 48.0 Å². The molecule has 0 bridgehead atoms. The molecular formula is C17H24N4. The third-order valence-corrected chi connectivity index (χ3v) is 4.49. The minimum Gasteiger partial charge on any atom is -0.321 e. The van der Waals surface area contributed by atoms with Crippen LogP contribution in [-0.4, -0.2) is 14.8 Å². The molecule has 2 aromatic rings. The molecule has 1 aliphatic rings. The highest BCUT2D eigenvalue weighted by molar-refractivity contribution is 5.15. The summed E-state index contributed by atoms with van der Waals surface area (Å²) in [6.07, 6.45) is 10.2. The molecule has 1 atom stereocenters. The summed E-state index contributed by atoms with van der Waals surface area (Å²) in [7, 11) is 0. The first-order valence-electron chi connectivity index (χ1n) is 8.03. The first kappa shape index (κ1) is 14.3. The van der Waals surface area contributed by atoms with Gasteiger partial charge in [0.15, 0.2) is 0 Å². The van der Waals surface area contributed by atoms with Gasteiger partial charge in [0.05, 0.1) is 6.04 Å². The van der Waals surface area contributed by atoms with Gasteiger partial charge in [0.2, 0.25) is 0 Å². The van der Waals surface area contributed by atoms with Crippen molar-refractivity contribution in [2.24, 2.45) is 5.73 Å². The smallest absolute Gasteiger partial charge is 0.150 e. The summed E-state index contributed by atoms with van der Waals surface area (Å²) in [5.74, 6) is 0.956. The lowest BCUT2D eigenvalue weighted by Gasteiger charge is -2.25. The number of nitrogens with zero attached hydrogens (tertiary/aromatic N) is 3. The number of aromatic nitrogens is 3. The van der Waals surface area contributed by atoms with Gasteiger partial charge in [-0.05, 0) is 31.2 Å². The van der Waals surface area contributed by atoms with Crippen LogP contribution in [0.25, 0.3) is 0 Å². The molecule has 0 amide bonds. The molecule has 112 valence electrons. The zero-order chi connectivity index (χ0) is 14.5. The molecule has 1 heterocycles. The van der Waals surface area contributed by atoms with Crippen LogP contribution in [0.5, 0.6) is 0 Å². The van der Waals surface area contributed by atoms with E-state index in [0.29, 0.717) is 6.04 Å². The minimum atomic E-state index is -0.0327. The fourth-order valence-corrected chi connectivity index (χ4v) is 3.25. The Morgan fingerprint density at radius 3 is 2.67 bits per heavy atom. The third kappa shape index (κ3) is 3.50. The Balaban J connectivity index is 1.64. The summed E-state index contributed by atoms with van der Waals surface area (Å²) < 4.78 is 2.23. The number of benzene rings is 1. The molecule has 0 spiro atoms. The van der Waals surface area contributed by atoms with Crippen LogP contribution in [0.1, 0.15) is 62.0 Å². The molecule has 1 aromatic heterocycles. The van der Waals surface area contributed by atoms with Gasteiger partial charge < -0.3 is 10.3 Å². The normalized spacial score (nSPS) is 17.8. The molecule has 4 nitrogen and oxygen atoms in total. The molecule has 2 N–H and O–H groups in total. The van der Waals surface area contributed by atoms with Crippen LogP contribution in [0.3, 0.4) is 0 Å². The number of rotatable bonds is 5. The van der Waals surface area contributed by atoms with Gasteiger partial charge in [-0.3, -0.25) is 0 Å². The Labute approximate surface area is 126 Å². The topological polar surface area (TPSA) is 56.7 Å².